The van der Waals surface area contributed by atoms with Gasteiger partial charge in [0.05, 0.1) is 13.7 Å². The van der Waals surface area contributed by atoms with E-state index in [1.807, 2.05) is 13.8 Å². The van der Waals surface area contributed by atoms with Crippen LogP contribution in [-0.4, -0.2) is 48.4 Å². The molecule has 0 radical (unpaired) electrons. The van der Waals surface area contributed by atoms with Gasteiger partial charge in [-0.05, 0) is 13.8 Å². The zero-order valence-electron chi connectivity index (χ0n) is 10.5. The van der Waals surface area contributed by atoms with Gasteiger partial charge in [-0.25, -0.2) is 0 Å². The zero-order chi connectivity index (χ0) is 12.5. The van der Waals surface area contributed by atoms with E-state index in [0.717, 1.165) is 6.54 Å². The molecule has 0 saturated carbocycles. The number of aromatic nitrogens is 3. The predicted octanol–water partition coefficient (Wildman–Crippen LogP) is 0.760. The summed E-state index contributed by atoms with van der Waals surface area (Å²) in [7, 11) is 1.52. The van der Waals surface area contributed by atoms with Crippen LogP contribution in [0.2, 0.25) is 0 Å². The van der Waals surface area contributed by atoms with E-state index in [4.69, 9.17) is 9.47 Å². The van der Waals surface area contributed by atoms with Crippen molar-refractivity contribution in [3.05, 3.63) is 0 Å². The first-order valence-electron chi connectivity index (χ1n) is 5.65. The van der Waals surface area contributed by atoms with Gasteiger partial charge in [0.2, 0.25) is 11.9 Å². The Labute approximate surface area is 101 Å². The Morgan fingerprint density at radius 2 is 1.76 bits per heavy atom. The van der Waals surface area contributed by atoms with E-state index in [1.165, 1.54) is 7.11 Å². The van der Waals surface area contributed by atoms with Crippen molar-refractivity contribution in [2.24, 2.45) is 0 Å². The number of rotatable bonds is 8. The molecule has 1 rings (SSSR count). The summed E-state index contributed by atoms with van der Waals surface area (Å²) in [5.74, 6) is 0.978. The monoisotopic (exact) mass is 241 g/mol. The lowest BCUT2D eigenvalue weighted by Gasteiger charge is -2.08. The second-order valence-corrected chi connectivity index (χ2v) is 3.12. The smallest absolute Gasteiger partial charge is 0.322 e. The van der Waals surface area contributed by atoms with Crippen LogP contribution in [0.4, 0.5) is 11.9 Å². The fraction of sp³-hybridized carbons (Fsp3) is 0.700. The quantitative estimate of drug-likeness (QED) is 0.650. The Balaban J connectivity index is 2.59. The van der Waals surface area contributed by atoms with E-state index in [-0.39, 0.29) is 6.01 Å². The van der Waals surface area contributed by atoms with Crippen LogP contribution in [0.3, 0.4) is 0 Å². The molecule has 1 aromatic rings. The zero-order valence-corrected chi connectivity index (χ0v) is 10.5. The Bertz CT molecular complexity index is 334. The minimum absolute atomic E-state index is 0.287. The summed E-state index contributed by atoms with van der Waals surface area (Å²) in [6.45, 7) is 6.62. The molecular weight excluding hydrogens is 222 g/mol. The molecule has 0 fully saturated rings. The van der Waals surface area contributed by atoms with Gasteiger partial charge in [0.15, 0.2) is 0 Å². The second-order valence-electron chi connectivity index (χ2n) is 3.12. The molecule has 0 aliphatic heterocycles. The predicted molar refractivity (Wildman–Crippen MR) is 65.5 cm³/mol. The summed E-state index contributed by atoms with van der Waals surface area (Å²) < 4.78 is 10.2. The molecule has 17 heavy (non-hydrogen) atoms. The number of hydrogen-bond acceptors (Lipinski definition) is 7. The fourth-order valence-electron chi connectivity index (χ4n) is 1.14. The highest BCUT2D eigenvalue weighted by molar-refractivity contribution is 5.35. The molecular formula is C10H19N5O2. The minimum Gasteiger partial charge on any atom is -0.467 e. The number of ether oxygens (including phenoxy) is 2. The third kappa shape index (κ3) is 4.81. The standard InChI is InChI=1S/C10H19N5O2/c1-4-11-8-13-9(12-6-7-17-5-2)15-10(14-8)16-3/h4-7H2,1-3H3,(H2,11,12,13,14,15). The number of nitrogens with one attached hydrogen (secondary N) is 2. The highest BCUT2D eigenvalue weighted by Gasteiger charge is 2.05. The molecule has 0 atom stereocenters. The average Bonchev–Trinajstić information content (AvgIpc) is 2.35. The van der Waals surface area contributed by atoms with Crippen LogP contribution in [0.5, 0.6) is 6.01 Å². The number of hydrogen-bond donors (Lipinski definition) is 2. The summed E-state index contributed by atoms with van der Waals surface area (Å²) in [6, 6.07) is 0.287. The van der Waals surface area contributed by atoms with Gasteiger partial charge in [-0.1, -0.05) is 0 Å². The Hall–Kier alpha value is -1.63. The van der Waals surface area contributed by atoms with Crippen LogP contribution in [-0.2, 0) is 4.74 Å². The van der Waals surface area contributed by atoms with Gasteiger partial charge in [-0.3, -0.25) is 0 Å². The van der Waals surface area contributed by atoms with Crippen LogP contribution < -0.4 is 15.4 Å². The van der Waals surface area contributed by atoms with Crippen LogP contribution in [0, 0.1) is 0 Å². The lowest BCUT2D eigenvalue weighted by atomic mass is 10.6. The van der Waals surface area contributed by atoms with E-state index in [1.54, 1.807) is 0 Å². The number of methoxy groups -OCH3 is 1. The second kappa shape index (κ2) is 7.61. The highest BCUT2D eigenvalue weighted by atomic mass is 16.5. The Kier molecular flexibility index (Phi) is 6.02. The maximum Gasteiger partial charge on any atom is 0.322 e. The van der Waals surface area contributed by atoms with Gasteiger partial charge in [0, 0.05) is 19.7 Å². The maximum atomic E-state index is 5.21. The van der Waals surface area contributed by atoms with Gasteiger partial charge >= 0.3 is 6.01 Å². The molecule has 7 heteroatoms. The SMILES string of the molecule is CCNc1nc(NCCOCC)nc(OC)n1. The lowest BCUT2D eigenvalue weighted by molar-refractivity contribution is 0.158. The van der Waals surface area contributed by atoms with E-state index in [0.29, 0.717) is 31.7 Å². The van der Waals surface area contributed by atoms with Gasteiger partial charge in [-0.2, -0.15) is 15.0 Å². The van der Waals surface area contributed by atoms with Crippen molar-refractivity contribution >= 4 is 11.9 Å². The summed E-state index contributed by atoms with van der Waals surface area (Å²) in [4.78, 5) is 12.3. The first kappa shape index (κ1) is 13.4. The minimum atomic E-state index is 0.287. The molecule has 0 aromatic carbocycles. The van der Waals surface area contributed by atoms with Crippen molar-refractivity contribution < 1.29 is 9.47 Å². The van der Waals surface area contributed by atoms with Crippen LogP contribution in [0.15, 0.2) is 0 Å². The summed E-state index contributed by atoms with van der Waals surface area (Å²) in [5.41, 5.74) is 0. The normalized spacial score (nSPS) is 10.1. The lowest BCUT2D eigenvalue weighted by Crippen LogP contribution is -2.14. The van der Waals surface area contributed by atoms with Crippen molar-refractivity contribution in [1.82, 2.24) is 15.0 Å². The number of nitrogens with zero attached hydrogens (tertiary/aromatic N) is 3. The molecule has 0 aliphatic carbocycles. The average molecular weight is 241 g/mol. The molecule has 0 unspecified atom stereocenters. The van der Waals surface area contributed by atoms with Crippen molar-refractivity contribution in [3.8, 4) is 6.01 Å². The molecule has 0 bridgehead atoms. The van der Waals surface area contributed by atoms with Crippen LogP contribution in [0.25, 0.3) is 0 Å². The van der Waals surface area contributed by atoms with Crippen molar-refractivity contribution in [2.45, 2.75) is 13.8 Å². The van der Waals surface area contributed by atoms with E-state index >= 15 is 0 Å². The van der Waals surface area contributed by atoms with Gasteiger partial charge in [0.1, 0.15) is 0 Å². The van der Waals surface area contributed by atoms with Crippen LogP contribution >= 0.6 is 0 Å². The molecule has 0 spiro atoms. The topological polar surface area (TPSA) is 81.2 Å². The molecule has 0 saturated heterocycles. The van der Waals surface area contributed by atoms with E-state index < -0.39 is 0 Å². The highest BCUT2D eigenvalue weighted by Crippen LogP contribution is 2.09. The van der Waals surface area contributed by atoms with Gasteiger partial charge < -0.3 is 20.1 Å². The molecule has 1 heterocycles. The van der Waals surface area contributed by atoms with Crippen molar-refractivity contribution in [2.75, 3.05) is 44.0 Å². The molecule has 2 N–H and O–H groups in total. The molecule has 7 nitrogen and oxygen atoms in total. The molecule has 1 aromatic heterocycles. The first-order chi connectivity index (χ1) is 8.30. The summed E-state index contributed by atoms with van der Waals surface area (Å²) >= 11 is 0. The molecule has 0 amide bonds. The number of anilines is 2. The van der Waals surface area contributed by atoms with Gasteiger partial charge in [0.25, 0.3) is 0 Å². The Morgan fingerprint density at radius 1 is 1.06 bits per heavy atom. The fourth-order valence-corrected chi connectivity index (χ4v) is 1.14. The van der Waals surface area contributed by atoms with Gasteiger partial charge in [-0.15, -0.1) is 0 Å². The first-order valence-corrected chi connectivity index (χ1v) is 5.65. The Morgan fingerprint density at radius 3 is 2.35 bits per heavy atom. The van der Waals surface area contributed by atoms with Crippen LogP contribution in [0.1, 0.15) is 13.8 Å². The van der Waals surface area contributed by atoms with Crippen molar-refractivity contribution in [3.63, 3.8) is 0 Å². The van der Waals surface area contributed by atoms with Crippen molar-refractivity contribution in [1.29, 1.82) is 0 Å². The maximum absolute atomic E-state index is 5.21. The summed E-state index contributed by atoms with van der Waals surface area (Å²) in [5, 5.41) is 6.06. The third-order valence-electron chi connectivity index (χ3n) is 1.87. The largest absolute Gasteiger partial charge is 0.467 e. The van der Waals surface area contributed by atoms with E-state index in [2.05, 4.69) is 25.6 Å². The van der Waals surface area contributed by atoms with E-state index in [9.17, 15) is 0 Å². The summed E-state index contributed by atoms with van der Waals surface area (Å²) in [6.07, 6.45) is 0. The third-order valence-corrected chi connectivity index (χ3v) is 1.87. The molecule has 96 valence electrons. The molecule has 0 aliphatic rings.